The van der Waals surface area contributed by atoms with E-state index < -0.39 is 0 Å². The lowest BCUT2D eigenvalue weighted by molar-refractivity contribution is 0.325. The Morgan fingerprint density at radius 3 is 2.45 bits per heavy atom. The molecular formula is C25H32FN5. The predicted octanol–water partition coefficient (Wildman–Crippen LogP) is 4.64. The SMILES string of the molecule is CN(C)c1nc(NC2CCC(CNCCc3ccc(F)cc3)CC2)nc2ccccc12. The van der Waals surface area contributed by atoms with Gasteiger partial charge >= 0.3 is 0 Å². The molecule has 3 aromatic rings. The lowest BCUT2D eigenvalue weighted by Crippen LogP contribution is -2.32. The standard InChI is InChI=1S/C25H32FN5/c1-31(2)24-22-5-3-4-6-23(22)29-25(30-24)28-21-13-9-19(10-14-21)17-27-16-15-18-7-11-20(26)12-8-18/h3-8,11-12,19,21,27H,9-10,13-17H2,1-2H3,(H,28,29,30). The summed E-state index contributed by atoms with van der Waals surface area (Å²) in [4.78, 5) is 11.6. The molecule has 0 radical (unpaired) electrons. The molecule has 1 fully saturated rings. The van der Waals surface area contributed by atoms with Gasteiger partial charge in [-0.3, -0.25) is 0 Å². The van der Waals surface area contributed by atoms with Crippen molar-refractivity contribution >= 4 is 22.7 Å². The first-order chi connectivity index (χ1) is 15.1. The molecule has 31 heavy (non-hydrogen) atoms. The van der Waals surface area contributed by atoms with Gasteiger partial charge in [0.1, 0.15) is 11.6 Å². The minimum Gasteiger partial charge on any atom is -0.362 e. The summed E-state index contributed by atoms with van der Waals surface area (Å²) < 4.78 is 13.0. The molecule has 1 saturated carbocycles. The van der Waals surface area contributed by atoms with Gasteiger partial charge < -0.3 is 15.5 Å². The van der Waals surface area contributed by atoms with E-state index in [1.807, 2.05) is 49.3 Å². The van der Waals surface area contributed by atoms with Gasteiger partial charge in [0, 0.05) is 25.5 Å². The van der Waals surface area contributed by atoms with Gasteiger partial charge in [-0.2, -0.15) is 4.98 Å². The van der Waals surface area contributed by atoms with Crippen LogP contribution in [0.25, 0.3) is 10.9 Å². The van der Waals surface area contributed by atoms with Crippen LogP contribution >= 0.6 is 0 Å². The molecule has 6 heteroatoms. The molecule has 164 valence electrons. The third-order valence-corrected chi connectivity index (χ3v) is 6.12. The van der Waals surface area contributed by atoms with Gasteiger partial charge in [0.25, 0.3) is 0 Å². The second-order valence-electron chi connectivity index (χ2n) is 8.72. The molecule has 2 N–H and O–H groups in total. The van der Waals surface area contributed by atoms with E-state index in [2.05, 4.69) is 16.7 Å². The van der Waals surface area contributed by atoms with Crippen molar-refractivity contribution in [3.8, 4) is 0 Å². The van der Waals surface area contributed by atoms with Crippen LogP contribution in [0.15, 0.2) is 48.5 Å². The Bertz CT molecular complexity index is 981. The zero-order valence-corrected chi connectivity index (χ0v) is 18.4. The maximum atomic E-state index is 13.0. The number of hydrogen-bond donors (Lipinski definition) is 2. The van der Waals surface area contributed by atoms with Crippen molar-refractivity contribution in [3.63, 3.8) is 0 Å². The Morgan fingerprint density at radius 1 is 0.968 bits per heavy atom. The Kier molecular flexibility index (Phi) is 6.97. The van der Waals surface area contributed by atoms with Gasteiger partial charge in [-0.25, -0.2) is 9.37 Å². The highest BCUT2D eigenvalue weighted by molar-refractivity contribution is 5.90. The molecule has 0 aliphatic heterocycles. The van der Waals surface area contributed by atoms with Crippen molar-refractivity contribution in [1.82, 2.24) is 15.3 Å². The van der Waals surface area contributed by atoms with E-state index in [0.717, 1.165) is 55.0 Å². The Hall–Kier alpha value is -2.73. The van der Waals surface area contributed by atoms with E-state index in [1.165, 1.54) is 30.5 Å². The summed E-state index contributed by atoms with van der Waals surface area (Å²) in [5.74, 6) is 2.21. The molecule has 0 spiro atoms. The van der Waals surface area contributed by atoms with Gasteiger partial charge in [-0.1, -0.05) is 24.3 Å². The van der Waals surface area contributed by atoms with Gasteiger partial charge in [0.05, 0.1) is 5.52 Å². The molecule has 1 aliphatic rings. The minimum atomic E-state index is -0.172. The van der Waals surface area contributed by atoms with Crippen LogP contribution in [0.5, 0.6) is 0 Å². The fourth-order valence-electron chi connectivity index (χ4n) is 4.35. The molecule has 5 nitrogen and oxygen atoms in total. The smallest absolute Gasteiger partial charge is 0.225 e. The van der Waals surface area contributed by atoms with Crippen molar-refractivity contribution in [2.24, 2.45) is 5.92 Å². The van der Waals surface area contributed by atoms with E-state index in [0.29, 0.717) is 12.0 Å². The number of anilines is 2. The Morgan fingerprint density at radius 2 is 1.71 bits per heavy atom. The number of halogens is 1. The molecule has 4 rings (SSSR count). The third-order valence-electron chi connectivity index (χ3n) is 6.12. The number of benzene rings is 2. The highest BCUT2D eigenvalue weighted by atomic mass is 19.1. The lowest BCUT2D eigenvalue weighted by atomic mass is 9.86. The molecule has 2 aromatic carbocycles. The summed E-state index contributed by atoms with van der Waals surface area (Å²) in [6.07, 6.45) is 5.62. The quantitative estimate of drug-likeness (QED) is 0.519. The van der Waals surface area contributed by atoms with Gasteiger partial charge in [-0.05, 0) is 80.9 Å². The third kappa shape index (κ3) is 5.70. The number of para-hydroxylation sites is 1. The lowest BCUT2D eigenvalue weighted by Gasteiger charge is -2.29. The maximum Gasteiger partial charge on any atom is 0.225 e. The largest absolute Gasteiger partial charge is 0.362 e. The number of nitrogens with zero attached hydrogens (tertiary/aromatic N) is 3. The number of nitrogens with one attached hydrogen (secondary N) is 2. The summed E-state index contributed by atoms with van der Waals surface area (Å²) in [5, 5.41) is 8.24. The molecule has 0 atom stereocenters. The highest BCUT2D eigenvalue weighted by Crippen LogP contribution is 2.28. The van der Waals surface area contributed by atoms with Crippen molar-refractivity contribution in [2.45, 2.75) is 38.1 Å². The summed E-state index contributed by atoms with van der Waals surface area (Å²) >= 11 is 0. The highest BCUT2D eigenvalue weighted by Gasteiger charge is 2.22. The first-order valence-electron chi connectivity index (χ1n) is 11.2. The molecule has 0 bridgehead atoms. The van der Waals surface area contributed by atoms with E-state index in [4.69, 9.17) is 9.97 Å². The van der Waals surface area contributed by atoms with Crippen LogP contribution in [0.4, 0.5) is 16.2 Å². The summed E-state index contributed by atoms with van der Waals surface area (Å²) in [6, 6.07) is 15.4. The molecule has 0 saturated heterocycles. The maximum absolute atomic E-state index is 13.0. The van der Waals surface area contributed by atoms with Crippen molar-refractivity contribution in [3.05, 3.63) is 59.9 Å². The second kappa shape index (κ2) is 10.1. The first kappa shape index (κ1) is 21.5. The van der Waals surface area contributed by atoms with Crippen LogP contribution < -0.4 is 15.5 Å². The predicted molar refractivity (Wildman–Crippen MR) is 126 cm³/mol. The van der Waals surface area contributed by atoms with Crippen LogP contribution in [-0.4, -0.2) is 43.2 Å². The summed E-state index contributed by atoms with van der Waals surface area (Å²) in [7, 11) is 4.04. The monoisotopic (exact) mass is 421 g/mol. The summed E-state index contributed by atoms with van der Waals surface area (Å²) in [5.41, 5.74) is 2.15. The van der Waals surface area contributed by atoms with Crippen molar-refractivity contribution in [2.75, 3.05) is 37.4 Å². The second-order valence-corrected chi connectivity index (χ2v) is 8.72. The fourth-order valence-corrected chi connectivity index (χ4v) is 4.35. The molecular weight excluding hydrogens is 389 g/mol. The average molecular weight is 422 g/mol. The molecule has 1 aromatic heterocycles. The van der Waals surface area contributed by atoms with Crippen molar-refractivity contribution < 1.29 is 4.39 Å². The van der Waals surface area contributed by atoms with Gasteiger partial charge in [0.15, 0.2) is 0 Å². The van der Waals surface area contributed by atoms with Gasteiger partial charge in [-0.15, -0.1) is 0 Å². The zero-order chi connectivity index (χ0) is 21.6. The summed E-state index contributed by atoms with van der Waals surface area (Å²) in [6.45, 7) is 1.98. The van der Waals surface area contributed by atoms with E-state index >= 15 is 0 Å². The number of hydrogen-bond acceptors (Lipinski definition) is 5. The molecule has 1 heterocycles. The van der Waals surface area contributed by atoms with E-state index in [9.17, 15) is 4.39 Å². The normalized spacial score (nSPS) is 18.8. The number of fused-ring (bicyclic) bond motifs is 1. The van der Waals surface area contributed by atoms with Crippen LogP contribution in [0.3, 0.4) is 0 Å². The topological polar surface area (TPSA) is 53.1 Å². The van der Waals surface area contributed by atoms with Crippen LogP contribution in [0, 0.1) is 11.7 Å². The van der Waals surface area contributed by atoms with Crippen LogP contribution in [0.1, 0.15) is 31.2 Å². The minimum absolute atomic E-state index is 0.172. The molecule has 1 aliphatic carbocycles. The van der Waals surface area contributed by atoms with Crippen LogP contribution in [-0.2, 0) is 6.42 Å². The first-order valence-corrected chi connectivity index (χ1v) is 11.2. The molecule has 0 unspecified atom stereocenters. The Labute approximate surface area is 184 Å². The average Bonchev–Trinajstić information content (AvgIpc) is 2.78. The van der Waals surface area contributed by atoms with Crippen molar-refractivity contribution in [1.29, 1.82) is 0 Å². The Balaban J connectivity index is 1.24. The fraction of sp³-hybridized carbons (Fsp3) is 0.440. The number of rotatable bonds is 8. The van der Waals surface area contributed by atoms with Crippen LogP contribution in [0.2, 0.25) is 0 Å². The van der Waals surface area contributed by atoms with E-state index in [-0.39, 0.29) is 5.82 Å². The molecule has 0 amide bonds. The van der Waals surface area contributed by atoms with Gasteiger partial charge in [0.2, 0.25) is 5.95 Å². The zero-order valence-electron chi connectivity index (χ0n) is 18.4. The number of aromatic nitrogens is 2. The van der Waals surface area contributed by atoms with E-state index in [1.54, 1.807) is 0 Å².